The standard InChI is InChI=1S/C27H31Cl2N5O2/c1-19-16-33(17-20-6-11-34(12-7-20)27(36)22-3-2-9-30-15-22)10-8-23(19)26(35)32-18-31-14-21-4-5-24(28)25(29)13-21/h2-5,9,13,15-16,20,31H,6-8,10-12,14,17-18H2,1H3/p+1. The van der Waals surface area contributed by atoms with E-state index in [0.717, 1.165) is 62.2 Å². The maximum Gasteiger partial charge on any atom is 0.255 e. The molecule has 7 nitrogen and oxygen atoms in total. The van der Waals surface area contributed by atoms with Crippen molar-refractivity contribution in [1.29, 1.82) is 0 Å². The van der Waals surface area contributed by atoms with Crippen molar-refractivity contribution in [3.63, 3.8) is 0 Å². The molecule has 1 aromatic heterocycles. The van der Waals surface area contributed by atoms with Gasteiger partial charge in [0.1, 0.15) is 13.1 Å². The highest BCUT2D eigenvalue weighted by atomic mass is 35.5. The maximum absolute atomic E-state index is 12.7. The van der Waals surface area contributed by atoms with Crippen LogP contribution in [0.2, 0.25) is 10.0 Å². The summed E-state index contributed by atoms with van der Waals surface area (Å²) < 4.78 is 2.32. The SMILES string of the molecule is CC1=C(C(=O)NCNCc2ccc(Cl)c(Cl)c2)CC[N+](CC2CCN(C(=O)c3cccnc3)CC2)=C1. The summed E-state index contributed by atoms with van der Waals surface area (Å²) in [7, 11) is 0. The first kappa shape index (κ1) is 26.3. The third kappa shape index (κ3) is 6.93. The molecule has 9 heteroatoms. The fraction of sp³-hybridized carbons (Fsp3) is 0.407. The van der Waals surface area contributed by atoms with Crippen molar-refractivity contribution in [3.05, 3.63) is 75.0 Å². The fourth-order valence-corrected chi connectivity index (χ4v) is 5.05. The minimum Gasteiger partial charge on any atom is -0.340 e. The lowest BCUT2D eigenvalue weighted by Crippen LogP contribution is -2.41. The Labute approximate surface area is 222 Å². The zero-order valence-corrected chi connectivity index (χ0v) is 22.0. The molecule has 0 saturated carbocycles. The molecule has 1 fully saturated rings. The summed E-state index contributed by atoms with van der Waals surface area (Å²) >= 11 is 12.0. The number of hydrogen-bond acceptors (Lipinski definition) is 4. The van der Waals surface area contributed by atoms with E-state index in [1.165, 1.54) is 0 Å². The summed E-state index contributed by atoms with van der Waals surface area (Å²) in [5.41, 5.74) is 3.49. The van der Waals surface area contributed by atoms with Crippen LogP contribution in [0.1, 0.15) is 42.1 Å². The topological polar surface area (TPSA) is 77.3 Å². The predicted octanol–water partition coefficient (Wildman–Crippen LogP) is 3.91. The van der Waals surface area contributed by atoms with E-state index in [1.807, 2.05) is 30.0 Å². The second-order valence-electron chi connectivity index (χ2n) is 9.37. The van der Waals surface area contributed by atoms with E-state index in [-0.39, 0.29) is 11.8 Å². The minimum absolute atomic E-state index is 0.0349. The van der Waals surface area contributed by atoms with Gasteiger partial charge in [-0.05, 0) is 49.6 Å². The molecule has 4 rings (SSSR count). The Kier molecular flexibility index (Phi) is 9.13. The Bertz CT molecular complexity index is 1160. The monoisotopic (exact) mass is 528 g/mol. The molecule has 1 aromatic carbocycles. The van der Waals surface area contributed by atoms with Crippen LogP contribution in [0.4, 0.5) is 0 Å². The van der Waals surface area contributed by atoms with Crippen LogP contribution in [0.3, 0.4) is 0 Å². The number of allylic oxidation sites excluding steroid dienone is 1. The Balaban J connectivity index is 1.21. The van der Waals surface area contributed by atoms with Crippen molar-refractivity contribution >= 4 is 41.2 Å². The molecule has 2 aliphatic rings. The third-order valence-electron chi connectivity index (χ3n) is 6.77. The van der Waals surface area contributed by atoms with Crippen molar-refractivity contribution in [3.8, 4) is 0 Å². The molecule has 0 radical (unpaired) electrons. The first-order chi connectivity index (χ1) is 17.4. The van der Waals surface area contributed by atoms with Crippen LogP contribution in [-0.4, -0.2) is 65.3 Å². The third-order valence-corrected chi connectivity index (χ3v) is 7.50. The van der Waals surface area contributed by atoms with Gasteiger partial charge in [-0.25, -0.2) is 4.58 Å². The lowest BCUT2D eigenvalue weighted by Gasteiger charge is -2.31. The molecule has 0 spiro atoms. The first-order valence-corrected chi connectivity index (χ1v) is 13.1. The van der Waals surface area contributed by atoms with Crippen LogP contribution in [0.5, 0.6) is 0 Å². The van der Waals surface area contributed by atoms with Crippen LogP contribution in [0, 0.1) is 5.92 Å². The highest BCUT2D eigenvalue weighted by molar-refractivity contribution is 6.42. The summed E-state index contributed by atoms with van der Waals surface area (Å²) in [6.45, 7) is 6.27. The number of amides is 2. The number of nitrogens with one attached hydrogen (secondary N) is 2. The highest BCUT2D eigenvalue weighted by Crippen LogP contribution is 2.23. The average molecular weight is 529 g/mol. The van der Waals surface area contributed by atoms with Gasteiger partial charge in [-0.1, -0.05) is 29.3 Å². The molecule has 3 heterocycles. The van der Waals surface area contributed by atoms with Crippen molar-refractivity contribution in [1.82, 2.24) is 20.5 Å². The Hall–Kier alpha value is -2.74. The molecule has 0 atom stereocenters. The molecule has 1 saturated heterocycles. The summed E-state index contributed by atoms with van der Waals surface area (Å²) in [4.78, 5) is 31.3. The number of pyridine rings is 1. The van der Waals surface area contributed by atoms with Crippen molar-refractivity contribution in [2.45, 2.75) is 32.7 Å². The van der Waals surface area contributed by atoms with E-state index in [2.05, 4.69) is 26.4 Å². The zero-order chi connectivity index (χ0) is 25.5. The minimum atomic E-state index is -0.0349. The summed E-state index contributed by atoms with van der Waals surface area (Å²) in [5.74, 6) is 0.562. The number of piperidine rings is 1. The van der Waals surface area contributed by atoms with E-state index >= 15 is 0 Å². The molecule has 2 aliphatic heterocycles. The van der Waals surface area contributed by atoms with Gasteiger partial charge in [0.25, 0.3) is 5.91 Å². The van der Waals surface area contributed by atoms with Gasteiger partial charge in [0.05, 0.1) is 22.3 Å². The van der Waals surface area contributed by atoms with Gasteiger partial charge in [0.2, 0.25) is 5.91 Å². The second-order valence-corrected chi connectivity index (χ2v) is 10.2. The largest absolute Gasteiger partial charge is 0.340 e. The summed E-state index contributed by atoms with van der Waals surface area (Å²) in [5, 5.41) is 7.21. The first-order valence-electron chi connectivity index (χ1n) is 12.3. The van der Waals surface area contributed by atoms with Gasteiger partial charge < -0.3 is 10.2 Å². The number of carbonyl (C=O) groups excluding carboxylic acids is 2. The van der Waals surface area contributed by atoms with Gasteiger partial charge in [0, 0.05) is 55.5 Å². The van der Waals surface area contributed by atoms with E-state index in [0.29, 0.717) is 34.7 Å². The number of aromatic nitrogens is 1. The van der Waals surface area contributed by atoms with Crippen molar-refractivity contribution < 1.29 is 14.2 Å². The zero-order valence-electron chi connectivity index (χ0n) is 20.5. The van der Waals surface area contributed by atoms with Crippen LogP contribution >= 0.6 is 23.2 Å². The van der Waals surface area contributed by atoms with E-state index in [4.69, 9.17) is 23.2 Å². The molecular formula is C27H32Cl2N5O2+. The predicted molar refractivity (Wildman–Crippen MR) is 143 cm³/mol. The van der Waals surface area contributed by atoms with Crippen molar-refractivity contribution in [2.75, 3.05) is 32.8 Å². The van der Waals surface area contributed by atoms with Crippen LogP contribution in [-0.2, 0) is 11.3 Å². The van der Waals surface area contributed by atoms with Gasteiger partial charge >= 0.3 is 0 Å². The molecule has 0 unspecified atom stereocenters. The molecule has 0 bridgehead atoms. The number of benzene rings is 1. The Morgan fingerprint density at radius 3 is 2.67 bits per heavy atom. The van der Waals surface area contributed by atoms with Gasteiger partial charge in [-0.15, -0.1) is 0 Å². The van der Waals surface area contributed by atoms with Gasteiger partial charge in [0.15, 0.2) is 6.21 Å². The summed E-state index contributed by atoms with van der Waals surface area (Å²) in [6.07, 6.45) is 8.10. The molecule has 0 aliphatic carbocycles. The smallest absolute Gasteiger partial charge is 0.255 e. The number of halogens is 2. The highest BCUT2D eigenvalue weighted by Gasteiger charge is 2.28. The van der Waals surface area contributed by atoms with Gasteiger partial charge in [-0.2, -0.15) is 0 Å². The molecule has 190 valence electrons. The maximum atomic E-state index is 12.7. The molecule has 2 amide bonds. The van der Waals surface area contributed by atoms with Crippen LogP contribution < -0.4 is 10.6 Å². The quantitative estimate of drug-likeness (QED) is 0.309. The van der Waals surface area contributed by atoms with Gasteiger partial charge in [-0.3, -0.25) is 19.9 Å². The number of hydrogen-bond donors (Lipinski definition) is 2. The number of rotatable bonds is 8. The lowest BCUT2D eigenvalue weighted by atomic mass is 9.95. The van der Waals surface area contributed by atoms with E-state index in [9.17, 15) is 9.59 Å². The number of likely N-dealkylation sites (tertiary alicyclic amines) is 1. The molecule has 36 heavy (non-hydrogen) atoms. The second kappa shape index (κ2) is 12.5. The lowest BCUT2D eigenvalue weighted by molar-refractivity contribution is -0.531. The molecular weight excluding hydrogens is 497 g/mol. The van der Waals surface area contributed by atoms with Crippen molar-refractivity contribution in [2.24, 2.45) is 5.92 Å². The van der Waals surface area contributed by atoms with Crippen LogP contribution in [0.15, 0.2) is 53.9 Å². The molecule has 2 aromatic rings. The fourth-order valence-electron chi connectivity index (χ4n) is 4.73. The van der Waals surface area contributed by atoms with E-state index < -0.39 is 0 Å². The number of nitrogens with zero attached hydrogens (tertiary/aromatic N) is 3. The van der Waals surface area contributed by atoms with Crippen LogP contribution in [0.25, 0.3) is 0 Å². The average Bonchev–Trinajstić information content (AvgIpc) is 2.89. The molecule has 2 N–H and O–H groups in total. The van der Waals surface area contributed by atoms with E-state index in [1.54, 1.807) is 24.5 Å². The Morgan fingerprint density at radius 1 is 1.17 bits per heavy atom. The summed E-state index contributed by atoms with van der Waals surface area (Å²) in [6, 6.07) is 9.10. The normalized spacial score (nSPS) is 16.6. The number of carbonyl (C=O) groups is 2. The Morgan fingerprint density at radius 2 is 1.97 bits per heavy atom.